The third-order valence-electron chi connectivity index (χ3n) is 4.27. The van der Waals surface area contributed by atoms with Crippen LogP contribution in [0.4, 0.5) is 0 Å². The van der Waals surface area contributed by atoms with Crippen LogP contribution in [0, 0.1) is 6.92 Å². The number of thiophene rings is 1. The van der Waals surface area contributed by atoms with Crippen molar-refractivity contribution in [1.29, 1.82) is 0 Å². The van der Waals surface area contributed by atoms with Crippen molar-refractivity contribution >= 4 is 23.2 Å². The van der Waals surface area contributed by atoms with Gasteiger partial charge in [0.05, 0.1) is 13.1 Å². The van der Waals surface area contributed by atoms with Gasteiger partial charge in [-0.2, -0.15) is 0 Å². The predicted molar refractivity (Wildman–Crippen MR) is 111 cm³/mol. The minimum absolute atomic E-state index is 0.0397. The van der Waals surface area contributed by atoms with Gasteiger partial charge >= 0.3 is 0 Å². The number of carbonyl (C=O) groups excluding carboxylic acids is 2. The third kappa shape index (κ3) is 5.20. The van der Waals surface area contributed by atoms with Crippen molar-refractivity contribution in [2.75, 3.05) is 13.6 Å². The number of hydrogen-bond donors (Lipinski definition) is 1. The minimum atomic E-state index is -0.291. The van der Waals surface area contributed by atoms with Crippen LogP contribution in [0.15, 0.2) is 66.0 Å². The van der Waals surface area contributed by atoms with E-state index in [1.54, 1.807) is 47.5 Å². The molecule has 1 aromatic heterocycles. The maximum atomic E-state index is 12.3. The summed E-state index contributed by atoms with van der Waals surface area (Å²) in [5.41, 5.74) is 1.65. The van der Waals surface area contributed by atoms with E-state index in [0.29, 0.717) is 17.9 Å². The van der Waals surface area contributed by atoms with Gasteiger partial charge in [0.2, 0.25) is 5.91 Å². The molecule has 3 aromatic rings. The summed E-state index contributed by atoms with van der Waals surface area (Å²) in [5.74, 6) is 0.949. The molecule has 6 heteroatoms. The van der Waals surface area contributed by atoms with Crippen LogP contribution >= 0.6 is 11.3 Å². The largest absolute Gasteiger partial charge is 0.457 e. The van der Waals surface area contributed by atoms with Crippen molar-refractivity contribution < 1.29 is 14.3 Å². The smallest absolute Gasteiger partial charge is 0.251 e. The normalized spacial score (nSPS) is 10.4. The number of nitrogens with one attached hydrogen (secondary N) is 1. The van der Waals surface area contributed by atoms with Crippen LogP contribution in [0.5, 0.6) is 11.5 Å². The maximum Gasteiger partial charge on any atom is 0.251 e. The number of likely N-dealkylation sites (N-methyl/N-ethyl adjacent to an activating group) is 1. The Morgan fingerprint density at radius 1 is 1.00 bits per heavy atom. The quantitative estimate of drug-likeness (QED) is 0.652. The SMILES string of the molecule is Cc1ccsc1CN(C)C(=O)CNC(=O)c1ccc(Oc2ccccc2)cc1. The van der Waals surface area contributed by atoms with Gasteiger partial charge in [0.1, 0.15) is 11.5 Å². The van der Waals surface area contributed by atoms with E-state index >= 15 is 0 Å². The van der Waals surface area contributed by atoms with E-state index in [1.165, 1.54) is 5.56 Å². The number of para-hydroxylation sites is 1. The van der Waals surface area contributed by atoms with E-state index in [1.807, 2.05) is 48.7 Å². The van der Waals surface area contributed by atoms with E-state index in [2.05, 4.69) is 5.32 Å². The third-order valence-corrected chi connectivity index (χ3v) is 5.28. The van der Waals surface area contributed by atoms with Gasteiger partial charge in [0.25, 0.3) is 5.91 Å². The van der Waals surface area contributed by atoms with Crippen LogP contribution in [-0.4, -0.2) is 30.3 Å². The second kappa shape index (κ2) is 9.19. The Morgan fingerprint density at radius 2 is 1.68 bits per heavy atom. The first-order valence-corrected chi connectivity index (χ1v) is 9.79. The molecule has 0 radical (unpaired) electrons. The Morgan fingerprint density at radius 3 is 2.32 bits per heavy atom. The number of aryl methyl sites for hydroxylation is 1. The lowest BCUT2D eigenvalue weighted by Gasteiger charge is -2.17. The molecule has 1 heterocycles. The van der Waals surface area contributed by atoms with E-state index in [-0.39, 0.29) is 18.4 Å². The standard InChI is InChI=1S/C22H22N2O3S/c1-16-12-13-28-20(16)15-24(2)21(25)14-23-22(26)17-8-10-19(11-9-17)27-18-6-4-3-5-7-18/h3-13H,14-15H2,1-2H3,(H,23,26). The zero-order valence-corrected chi connectivity index (χ0v) is 16.7. The first kappa shape index (κ1) is 19.6. The summed E-state index contributed by atoms with van der Waals surface area (Å²) in [6.45, 7) is 2.53. The van der Waals surface area contributed by atoms with Gasteiger partial charge in [-0.3, -0.25) is 9.59 Å². The summed E-state index contributed by atoms with van der Waals surface area (Å²) in [7, 11) is 1.74. The molecule has 2 amide bonds. The van der Waals surface area contributed by atoms with Gasteiger partial charge in [-0.15, -0.1) is 11.3 Å². The first-order valence-electron chi connectivity index (χ1n) is 8.91. The number of amides is 2. The summed E-state index contributed by atoms with van der Waals surface area (Å²) in [6, 6.07) is 18.3. The highest BCUT2D eigenvalue weighted by molar-refractivity contribution is 7.10. The highest BCUT2D eigenvalue weighted by Crippen LogP contribution is 2.21. The fourth-order valence-corrected chi connectivity index (χ4v) is 3.52. The van der Waals surface area contributed by atoms with Crippen LogP contribution in [0.2, 0.25) is 0 Å². The van der Waals surface area contributed by atoms with Gasteiger partial charge < -0.3 is 15.0 Å². The molecule has 1 N–H and O–H groups in total. The van der Waals surface area contributed by atoms with Crippen LogP contribution in [0.1, 0.15) is 20.8 Å². The molecular weight excluding hydrogens is 372 g/mol. The molecule has 0 aliphatic rings. The van der Waals surface area contributed by atoms with Crippen molar-refractivity contribution in [3.05, 3.63) is 82.0 Å². The maximum absolute atomic E-state index is 12.3. The fraction of sp³-hybridized carbons (Fsp3) is 0.182. The van der Waals surface area contributed by atoms with Crippen molar-refractivity contribution in [3.8, 4) is 11.5 Å². The molecule has 144 valence electrons. The van der Waals surface area contributed by atoms with Crippen LogP contribution in [0.25, 0.3) is 0 Å². The Bertz CT molecular complexity index is 936. The summed E-state index contributed by atoms with van der Waals surface area (Å²) in [4.78, 5) is 27.3. The highest BCUT2D eigenvalue weighted by atomic mass is 32.1. The second-order valence-corrected chi connectivity index (χ2v) is 7.40. The van der Waals surface area contributed by atoms with Crippen molar-refractivity contribution in [3.63, 3.8) is 0 Å². The lowest BCUT2D eigenvalue weighted by atomic mass is 10.2. The second-order valence-electron chi connectivity index (χ2n) is 6.40. The Balaban J connectivity index is 1.50. The molecule has 0 aliphatic heterocycles. The predicted octanol–water partition coefficient (Wildman–Crippen LogP) is 4.24. The number of benzene rings is 2. The molecule has 0 fully saturated rings. The highest BCUT2D eigenvalue weighted by Gasteiger charge is 2.13. The van der Waals surface area contributed by atoms with Crippen LogP contribution in [0.3, 0.4) is 0 Å². The molecule has 0 atom stereocenters. The van der Waals surface area contributed by atoms with Crippen LogP contribution in [-0.2, 0) is 11.3 Å². The van der Waals surface area contributed by atoms with Crippen LogP contribution < -0.4 is 10.1 Å². The zero-order chi connectivity index (χ0) is 19.9. The number of carbonyl (C=O) groups is 2. The molecule has 0 unspecified atom stereocenters. The number of nitrogens with zero attached hydrogens (tertiary/aromatic N) is 1. The van der Waals surface area contributed by atoms with Gasteiger partial charge in [-0.1, -0.05) is 18.2 Å². The molecule has 28 heavy (non-hydrogen) atoms. The van der Waals surface area contributed by atoms with Gasteiger partial charge in [0, 0.05) is 17.5 Å². The number of hydrogen-bond acceptors (Lipinski definition) is 4. The zero-order valence-electron chi connectivity index (χ0n) is 15.8. The summed E-state index contributed by atoms with van der Waals surface area (Å²) in [5, 5.41) is 4.69. The average Bonchev–Trinajstić information content (AvgIpc) is 3.11. The molecule has 2 aromatic carbocycles. The average molecular weight is 394 g/mol. The molecule has 3 rings (SSSR count). The lowest BCUT2D eigenvalue weighted by Crippen LogP contribution is -2.37. The fourth-order valence-electron chi connectivity index (χ4n) is 2.56. The number of ether oxygens (including phenoxy) is 1. The molecule has 0 saturated heterocycles. The molecule has 0 spiro atoms. The topological polar surface area (TPSA) is 58.6 Å². The van der Waals surface area contributed by atoms with E-state index in [9.17, 15) is 9.59 Å². The first-order chi connectivity index (χ1) is 13.5. The lowest BCUT2D eigenvalue weighted by molar-refractivity contribution is -0.129. The summed E-state index contributed by atoms with van der Waals surface area (Å²) >= 11 is 1.63. The summed E-state index contributed by atoms with van der Waals surface area (Å²) < 4.78 is 5.71. The summed E-state index contributed by atoms with van der Waals surface area (Å²) in [6.07, 6.45) is 0. The van der Waals surface area contributed by atoms with E-state index < -0.39 is 0 Å². The molecule has 5 nitrogen and oxygen atoms in total. The molecule has 0 saturated carbocycles. The van der Waals surface area contributed by atoms with Crippen molar-refractivity contribution in [2.24, 2.45) is 0 Å². The molecule has 0 aliphatic carbocycles. The van der Waals surface area contributed by atoms with Crippen molar-refractivity contribution in [1.82, 2.24) is 10.2 Å². The monoisotopic (exact) mass is 394 g/mol. The Labute approximate surface area is 168 Å². The van der Waals surface area contributed by atoms with E-state index in [0.717, 1.165) is 10.6 Å². The Hall–Kier alpha value is -3.12. The van der Waals surface area contributed by atoms with Gasteiger partial charge in [-0.25, -0.2) is 0 Å². The minimum Gasteiger partial charge on any atom is -0.457 e. The molecule has 0 bridgehead atoms. The van der Waals surface area contributed by atoms with E-state index in [4.69, 9.17) is 4.74 Å². The van der Waals surface area contributed by atoms with Gasteiger partial charge in [-0.05, 0) is 60.3 Å². The van der Waals surface area contributed by atoms with Gasteiger partial charge in [0.15, 0.2) is 0 Å². The number of rotatable bonds is 7. The molecular formula is C22H22N2O3S. The van der Waals surface area contributed by atoms with Crippen molar-refractivity contribution in [2.45, 2.75) is 13.5 Å². The Kier molecular flexibility index (Phi) is 6.45.